The number of carboxylic acids is 1. The molecule has 8 nitrogen and oxygen atoms in total. The van der Waals surface area contributed by atoms with Crippen molar-refractivity contribution in [3.05, 3.63) is 94.2 Å². The second-order valence-electron chi connectivity index (χ2n) is 8.53. The molecule has 1 aliphatic heterocycles. The summed E-state index contributed by atoms with van der Waals surface area (Å²) in [5.41, 5.74) is 3.85. The van der Waals surface area contributed by atoms with E-state index in [0.717, 1.165) is 22.1 Å². The molecule has 4 aromatic rings. The third-order valence-corrected chi connectivity index (χ3v) is 6.11. The zero-order chi connectivity index (χ0) is 24.5. The van der Waals surface area contributed by atoms with E-state index >= 15 is 0 Å². The molecule has 0 saturated heterocycles. The Bertz CT molecular complexity index is 1500. The van der Waals surface area contributed by atoms with E-state index in [4.69, 9.17) is 9.52 Å². The van der Waals surface area contributed by atoms with Crippen LogP contribution >= 0.6 is 0 Å². The Labute approximate surface area is 200 Å². The van der Waals surface area contributed by atoms with Crippen LogP contribution in [-0.2, 0) is 9.59 Å². The number of carbonyl (C=O) groups excluding carboxylic acids is 1. The molecule has 0 bridgehead atoms. The third-order valence-electron chi connectivity index (χ3n) is 6.11. The van der Waals surface area contributed by atoms with Crippen molar-refractivity contribution < 1.29 is 19.1 Å². The summed E-state index contributed by atoms with van der Waals surface area (Å²) in [5, 5.41) is 15.7. The van der Waals surface area contributed by atoms with Crippen molar-refractivity contribution in [2.45, 2.75) is 32.2 Å². The molecule has 2 aromatic carbocycles. The number of furan rings is 1. The molecular weight excluding hydrogens is 446 g/mol. The number of carboxylic acid groups (broad SMARTS) is 1. The average molecular weight is 469 g/mol. The molecule has 176 valence electrons. The van der Waals surface area contributed by atoms with Gasteiger partial charge in [0.1, 0.15) is 11.8 Å². The number of nitrogens with one attached hydrogen (secondary N) is 1. The van der Waals surface area contributed by atoms with Crippen molar-refractivity contribution in [3.8, 4) is 11.1 Å². The van der Waals surface area contributed by atoms with Crippen LogP contribution in [0.2, 0.25) is 0 Å². The summed E-state index contributed by atoms with van der Waals surface area (Å²) in [7, 11) is 0. The summed E-state index contributed by atoms with van der Waals surface area (Å²) in [5.74, 6) is -0.997. The molecule has 1 unspecified atom stereocenters. The number of hydrazone groups is 1. The van der Waals surface area contributed by atoms with E-state index in [-0.39, 0.29) is 24.8 Å². The van der Waals surface area contributed by atoms with Crippen LogP contribution in [0.15, 0.2) is 81.2 Å². The van der Waals surface area contributed by atoms with E-state index in [9.17, 15) is 14.4 Å². The van der Waals surface area contributed by atoms with E-state index < -0.39 is 17.9 Å². The Morgan fingerprint density at radius 1 is 1.09 bits per heavy atom. The Balaban J connectivity index is 1.69. The minimum atomic E-state index is -1.07. The number of amides is 1. The van der Waals surface area contributed by atoms with E-state index in [1.165, 1.54) is 11.3 Å². The van der Waals surface area contributed by atoms with E-state index in [1.54, 1.807) is 12.1 Å². The average Bonchev–Trinajstić information content (AvgIpc) is 3.52. The number of aromatic nitrogens is 1. The number of benzene rings is 2. The van der Waals surface area contributed by atoms with Gasteiger partial charge in [0.15, 0.2) is 0 Å². The summed E-state index contributed by atoms with van der Waals surface area (Å²) in [4.78, 5) is 40.4. The number of rotatable bonds is 6. The van der Waals surface area contributed by atoms with Gasteiger partial charge in [0.25, 0.3) is 5.56 Å². The molecule has 3 heterocycles. The van der Waals surface area contributed by atoms with Crippen LogP contribution in [0.5, 0.6) is 0 Å². The smallest absolute Gasteiger partial charge is 0.303 e. The molecule has 2 aromatic heterocycles. The first-order valence-corrected chi connectivity index (χ1v) is 11.3. The van der Waals surface area contributed by atoms with E-state index in [1.807, 2.05) is 55.5 Å². The zero-order valence-corrected chi connectivity index (χ0v) is 19.0. The fraction of sp³-hybridized carbons (Fsp3) is 0.185. The van der Waals surface area contributed by atoms with Crippen molar-refractivity contribution in [3.63, 3.8) is 0 Å². The molecular formula is C27H23N3O5. The molecule has 2 N–H and O–H groups in total. The van der Waals surface area contributed by atoms with Gasteiger partial charge in [-0.2, -0.15) is 5.10 Å². The van der Waals surface area contributed by atoms with Crippen molar-refractivity contribution in [1.29, 1.82) is 0 Å². The number of fused-ring (bicyclic) bond motifs is 1. The minimum Gasteiger partial charge on any atom is -0.481 e. The third kappa shape index (κ3) is 4.26. The highest BCUT2D eigenvalue weighted by atomic mass is 16.4. The van der Waals surface area contributed by atoms with E-state index in [0.29, 0.717) is 22.6 Å². The molecule has 1 amide bonds. The summed E-state index contributed by atoms with van der Waals surface area (Å²) >= 11 is 0. The minimum absolute atomic E-state index is 0.206. The first-order valence-electron chi connectivity index (χ1n) is 11.3. The number of aryl methyl sites for hydroxylation is 1. The van der Waals surface area contributed by atoms with E-state index in [2.05, 4.69) is 10.1 Å². The van der Waals surface area contributed by atoms with Gasteiger partial charge in [0.05, 0.1) is 24.0 Å². The van der Waals surface area contributed by atoms with Gasteiger partial charge in [-0.05, 0) is 36.2 Å². The summed E-state index contributed by atoms with van der Waals surface area (Å²) in [6.45, 7) is 1.96. The highest BCUT2D eigenvalue weighted by Gasteiger charge is 2.36. The van der Waals surface area contributed by atoms with Gasteiger partial charge in [-0.15, -0.1) is 0 Å². The summed E-state index contributed by atoms with van der Waals surface area (Å²) in [6, 6.07) is 18.4. The van der Waals surface area contributed by atoms with Crippen LogP contribution in [0.3, 0.4) is 0 Å². The van der Waals surface area contributed by atoms with Crippen LogP contribution in [-0.4, -0.2) is 32.7 Å². The molecule has 0 radical (unpaired) electrons. The lowest BCUT2D eigenvalue weighted by Gasteiger charge is -2.19. The normalized spacial score (nSPS) is 15.4. The lowest BCUT2D eigenvalue weighted by molar-refractivity contribution is -0.141. The molecule has 5 rings (SSSR count). The second-order valence-corrected chi connectivity index (χ2v) is 8.53. The number of pyridine rings is 1. The quantitative estimate of drug-likeness (QED) is 0.427. The number of aliphatic carboxylic acids is 1. The summed E-state index contributed by atoms with van der Waals surface area (Å²) in [6.07, 6.45) is 1.25. The molecule has 0 fully saturated rings. The molecule has 1 atom stereocenters. The Hall–Kier alpha value is -4.46. The monoisotopic (exact) mass is 469 g/mol. The fourth-order valence-electron chi connectivity index (χ4n) is 4.51. The SMILES string of the molecule is Cc1ccc2c(-c3ccccc3)c(C3=NN(C(=O)CCC(=O)O)C(c4ccco4)C3)c(=O)[nH]c2c1. The van der Waals surface area contributed by atoms with Crippen LogP contribution in [0.4, 0.5) is 0 Å². The van der Waals surface area contributed by atoms with Crippen molar-refractivity contribution in [2.75, 3.05) is 0 Å². The number of H-pyrrole nitrogens is 1. The molecule has 0 aliphatic carbocycles. The molecule has 8 heteroatoms. The maximum atomic E-state index is 13.5. The predicted octanol–water partition coefficient (Wildman–Crippen LogP) is 4.64. The standard InChI is InChI=1S/C27H23N3O5/c1-16-9-10-18-19(14-16)28-27(34)26(25(18)17-6-3-2-4-7-17)20-15-21(22-8-5-13-35-22)30(29-20)23(31)11-12-24(32)33/h2-10,13-14,21H,11-12,15H2,1H3,(H,28,34)(H,32,33). The number of hydrogen-bond donors (Lipinski definition) is 2. The summed E-state index contributed by atoms with van der Waals surface area (Å²) < 4.78 is 5.57. The largest absolute Gasteiger partial charge is 0.481 e. The number of carbonyl (C=O) groups is 2. The number of aromatic amines is 1. The lowest BCUT2D eigenvalue weighted by Crippen LogP contribution is -2.27. The van der Waals surface area contributed by atoms with Crippen molar-refractivity contribution in [1.82, 2.24) is 9.99 Å². The van der Waals surface area contributed by atoms with Gasteiger partial charge in [-0.3, -0.25) is 14.4 Å². The van der Waals surface area contributed by atoms with Gasteiger partial charge in [0.2, 0.25) is 5.91 Å². The highest BCUT2D eigenvalue weighted by Crippen LogP contribution is 2.37. The van der Waals surface area contributed by atoms with Gasteiger partial charge >= 0.3 is 5.97 Å². The Morgan fingerprint density at radius 3 is 2.60 bits per heavy atom. The topological polar surface area (TPSA) is 116 Å². The molecule has 0 spiro atoms. The van der Waals surface area contributed by atoms with Crippen LogP contribution in [0.25, 0.3) is 22.0 Å². The van der Waals surface area contributed by atoms with Gasteiger partial charge in [-0.25, -0.2) is 5.01 Å². The molecule has 35 heavy (non-hydrogen) atoms. The predicted molar refractivity (Wildman–Crippen MR) is 131 cm³/mol. The number of hydrogen-bond acceptors (Lipinski definition) is 5. The first kappa shape index (κ1) is 22.3. The van der Waals surface area contributed by atoms with Crippen LogP contribution < -0.4 is 5.56 Å². The number of nitrogens with zero attached hydrogens (tertiary/aromatic N) is 2. The first-order chi connectivity index (χ1) is 16.9. The fourth-order valence-corrected chi connectivity index (χ4v) is 4.51. The molecule has 0 saturated carbocycles. The highest BCUT2D eigenvalue weighted by molar-refractivity contribution is 6.12. The van der Waals surface area contributed by atoms with Gasteiger partial charge in [0, 0.05) is 29.3 Å². The molecule has 1 aliphatic rings. The maximum absolute atomic E-state index is 13.5. The van der Waals surface area contributed by atoms with Crippen molar-refractivity contribution in [2.24, 2.45) is 5.10 Å². The second kappa shape index (κ2) is 9.06. The lowest BCUT2D eigenvalue weighted by atomic mass is 9.91. The maximum Gasteiger partial charge on any atom is 0.303 e. The van der Waals surface area contributed by atoms with Crippen molar-refractivity contribution >= 4 is 28.5 Å². The zero-order valence-electron chi connectivity index (χ0n) is 19.0. The Morgan fingerprint density at radius 2 is 1.89 bits per heavy atom. The van der Waals surface area contributed by atoms with Gasteiger partial charge < -0.3 is 14.5 Å². The van der Waals surface area contributed by atoms with Gasteiger partial charge in [-0.1, -0.05) is 42.5 Å². The van der Waals surface area contributed by atoms with Crippen LogP contribution in [0.1, 0.15) is 42.2 Å². The van der Waals surface area contributed by atoms with Crippen LogP contribution in [0, 0.1) is 6.92 Å². The Kier molecular flexibility index (Phi) is 5.78.